The molecule has 0 aliphatic carbocycles. The van der Waals surface area contributed by atoms with Gasteiger partial charge in [-0.25, -0.2) is 0 Å². The predicted molar refractivity (Wildman–Crippen MR) is 79.3 cm³/mol. The molecule has 2 aromatic heterocycles. The highest BCUT2D eigenvalue weighted by molar-refractivity contribution is 5.11. The largest absolute Gasteiger partial charge is 0.360 e. The second kappa shape index (κ2) is 6.66. The molecular weight excluding hydrogens is 250 g/mol. The van der Waals surface area contributed by atoms with Gasteiger partial charge in [-0.1, -0.05) is 32.0 Å². The van der Waals surface area contributed by atoms with Crippen molar-refractivity contribution in [3.8, 4) is 0 Å². The first-order valence-corrected chi connectivity index (χ1v) is 7.18. The van der Waals surface area contributed by atoms with Crippen molar-refractivity contribution in [1.82, 2.24) is 15.0 Å². The van der Waals surface area contributed by atoms with Gasteiger partial charge in [-0.2, -0.15) is 0 Å². The van der Waals surface area contributed by atoms with Gasteiger partial charge >= 0.3 is 0 Å². The molecule has 108 valence electrons. The Labute approximate surface area is 120 Å². The number of pyridine rings is 1. The van der Waals surface area contributed by atoms with E-state index in [1.807, 2.05) is 24.4 Å². The Morgan fingerprint density at radius 3 is 2.60 bits per heavy atom. The van der Waals surface area contributed by atoms with Gasteiger partial charge in [0.05, 0.1) is 24.0 Å². The summed E-state index contributed by atoms with van der Waals surface area (Å²) in [5, 5.41) is 4.11. The number of aromatic nitrogens is 2. The Balaban J connectivity index is 2.07. The molecular formula is C16H23N3O. The smallest absolute Gasteiger partial charge is 0.150 e. The highest BCUT2D eigenvalue weighted by Crippen LogP contribution is 2.23. The Morgan fingerprint density at radius 1 is 1.25 bits per heavy atom. The summed E-state index contributed by atoms with van der Waals surface area (Å²) < 4.78 is 5.42. The fourth-order valence-electron chi connectivity index (χ4n) is 2.35. The van der Waals surface area contributed by atoms with Gasteiger partial charge in [0.25, 0.3) is 0 Å². The normalized spacial score (nSPS) is 13.1. The van der Waals surface area contributed by atoms with Crippen molar-refractivity contribution in [2.24, 2.45) is 0 Å². The van der Waals surface area contributed by atoms with Crippen molar-refractivity contribution < 1.29 is 4.52 Å². The highest BCUT2D eigenvalue weighted by atomic mass is 16.5. The lowest BCUT2D eigenvalue weighted by Crippen LogP contribution is -2.24. The molecule has 1 atom stereocenters. The Hall–Kier alpha value is -1.68. The molecule has 0 spiro atoms. The van der Waals surface area contributed by atoms with E-state index in [1.54, 1.807) is 0 Å². The average Bonchev–Trinajstić information content (AvgIpc) is 2.89. The SMILES string of the molecule is CCC(c1ccccn1)N(C)Cc1cc(C(C)C)no1. The maximum absolute atomic E-state index is 5.42. The second-order valence-corrected chi connectivity index (χ2v) is 5.47. The number of hydrogen-bond acceptors (Lipinski definition) is 4. The van der Waals surface area contributed by atoms with Crippen LogP contribution in [0.4, 0.5) is 0 Å². The fourth-order valence-corrected chi connectivity index (χ4v) is 2.35. The van der Waals surface area contributed by atoms with Gasteiger partial charge in [0, 0.05) is 12.3 Å². The first-order valence-electron chi connectivity index (χ1n) is 7.18. The van der Waals surface area contributed by atoms with E-state index in [0.29, 0.717) is 12.0 Å². The van der Waals surface area contributed by atoms with Crippen LogP contribution in [0.2, 0.25) is 0 Å². The summed E-state index contributed by atoms with van der Waals surface area (Å²) in [5.41, 5.74) is 2.11. The predicted octanol–water partition coefficient (Wildman–Crippen LogP) is 3.78. The standard InChI is InChI=1S/C16H23N3O/c1-5-16(14-8-6-7-9-17-14)19(4)11-13-10-15(12(2)3)18-20-13/h6-10,12,16H,5,11H2,1-4H3. The molecule has 2 aromatic rings. The molecule has 4 heteroatoms. The molecule has 0 N–H and O–H groups in total. The van der Waals surface area contributed by atoms with Gasteiger partial charge in [-0.3, -0.25) is 9.88 Å². The first kappa shape index (κ1) is 14.7. The van der Waals surface area contributed by atoms with E-state index in [9.17, 15) is 0 Å². The molecule has 0 radical (unpaired) electrons. The van der Waals surface area contributed by atoms with Crippen LogP contribution in [0, 0.1) is 0 Å². The lowest BCUT2D eigenvalue weighted by Gasteiger charge is -2.25. The Morgan fingerprint density at radius 2 is 2.05 bits per heavy atom. The van der Waals surface area contributed by atoms with Gasteiger partial charge in [0.15, 0.2) is 5.76 Å². The zero-order valence-electron chi connectivity index (χ0n) is 12.7. The zero-order valence-corrected chi connectivity index (χ0v) is 12.7. The van der Waals surface area contributed by atoms with E-state index in [2.05, 4.69) is 48.9 Å². The summed E-state index contributed by atoms with van der Waals surface area (Å²) in [6, 6.07) is 8.40. The third-order valence-electron chi connectivity index (χ3n) is 3.52. The minimum atomic E-state index is 0.295. The topological polar surface area (TPSA) is 42.2 Å². The third kappa shape index (κ3) is 3.45. The molecule has 0 saturated heterocycles. The van der Waals surface area contributed by atoms with Crippen LogP contribution in [0.3, 0.4) is 0 Å². The van der Waals surface area contributed by atoms with Crippen LogP contribution in [-0.2, 0) is 6.54 Å². The Bertz CT molecular complexity index is 522. The second-order valence-electron chi connectivity index (χ2n) is 5.47. The van der Waals surface area contributed by atoms with Gasteiger partial charge in [0.1, 0.15) is 0 Å². The number of nitrogens with zero attached hydrogens (tertiary/aromatic N) is 3. The monoisotopic (exact) mass is 273 g/mol. The maximum Gasteiger partial charge on any atom is 0.150 e. The van der Waals surface area contributed by atoms with E-state index in [-0.39, 0.29) is 0 Å². The van der Waals surface area contributed by atoms with Crippen LogP contribution in [0.25, 0.3) is 0 Å². The number of rotatable bonds is 6. The van der Waals surface area contributed by atoms with E-state index >= 15 is 0 Å². The quantitative estimate of drug-likeness (QED) is 0.803. The van der Waals surface area contributed by atoms with E-state index in [1.165, 1.54) is 0 Å². The summed E-state index contributed by atoms with van der Waals surface area (Å²) in [5.74, 6) is 1.31. The molecule has 20 heavy (non-hydrogen) atoms. The molecule has 0 bridgehead atoms. The lowest BCUT2D eigenvalue weighted by molar-refractivity contribution is 0.200. The van der Waals surface area contributed by atoms with Gasteiger partial charge < -0.3 is 4.52 Å². The maximum atomic E-state index is 5.42. The molecule has 0 fully saturated rings. The zero-order chi connectivity index (χ0) is 14.5. The van der Waals surface area contributed by atoms with Crippen molar-refractivity contribution in [3.63, 3.8) is 0 Å². The van der Waals surface area contributed by atoms with Crippen molar-refractivity contribution in [2.45, 2.75) is 45.7 Å². The van der Waals surface area contributed by atoms with E-state index < -0.39 is 0 Å². The lowest BCUT2D eigenvalue weighted by atomic mass is 10.1. The van der Waals surface area contributed by atoms with Crippen molar-refractivity contribution >= 4 is 0 Å². The van der Waals surface area contributed by atoms with Crippen molar-refractivity contribution in [1.29, 1.82) is 0 Å². The third-order valence-corrected chi connectivity index (χ3v) is 3.52. The van der Waals surface area contributed by atoms with Crippen LogP contribution < -0.4 is 0 Å². The van der Waals surface area contributed by atoms with Crippen molar-refractivity contribution in [2.75, 3.05) is 7.05 Å². The minimum Gasteiger partial charge on any atom is -0.360 e. The first-order chi connectivity index (χ1) is 9.61. The van der Waals surface area contributed by atoms with Gasteiger partial charge in [-0.05, 0) is 31.5 Å². The van der Waals surface area contributed by atoms with Crippen LogP contribution in [-0.4, -0.2) is 22.1 Å². The molecule has 0 amide bonds. The molecule has 4 nitrogen and oxygen atoms in total. The molecule has 0 aliphatic rings. The number of hydrogen-bond donors (Lipinski definition) is 0. The van der Waals surface area contributed by atoms with Gasteiger partial charge in [0.2, 0.25) is 0 Å². The Kier molecular flexibility index (Phi) is 4.90. The molecule has 0 saturated carbocycles. The fraction of sp³-hybridized carbons (Fsp3) is 0.500. The van der Waals surface area contributed by atoms with Crippen LogP contribution >= 0.6 is 0 Å². The molecule has 0 aliphatic heterocycles. The summed E-state index contributed by atoms with van der Waals surface area (Å²) in [6.45, 7) is 7.16. The van der Waals surface area contributed by atoms with E-state index in [4.69, 9.17) is 4.52 Å². The van der Waals surface area contributed by atoms with Crippen molar-refractivity contribution in [3.05, 3.63) is 47.6 Å². The summed E-state index contributed by atoms with van der Waals surface area (Å²) >= 11 is 0. The van der Waals surface area contributed by atoms with Crippen LogP contribution in [0.5, 0.6) is 0 Å². The average molecular weight is 273 g/mol. The van der Waals surface area contributed by atoms with Crippen LogP contribution in [0.15, 0.2) is 35.0 Å². The van der Waals surface area contributed by atoms with E-state index in [0.717, 1.165) is 30.1 Å². The summed E-state index contributed by atoms with van der Waals surface area (Å²) in [4.78, 5) is 6.72. The molecule has 2 heterocycles. The minimum absolute atomic E-state index is 0.295. The summed E-state index contributed by atoms with van der Waals surface area (Å²) in [7, 11) is 2.10. The molecule has 2 rings (SSSR count). The van der Waals surface area contributed by atoms with Gasteiger partial charge in [-0.15, -0.1) is 0 Å². The van der Waals surface area contributed by atoms with Crippen LogP contribution in [0.1, 0.15) is 56.3 Å². The molecule has 1 unspecified atom stereocenters. The summed E-state index contributed by atoms with van der Waals surface area (Å²) in [6.07, 6.45) is 2.86. The highest BCUT2D eigenvalue weighted by Gasteiger charge is 2.18. The molecule has 0 aromatic carbocycles.